The smallest absolute Gasteiger partial charge is 0.294 e. The highest BCUT2D eigenvalue weighted by atomic mass is 16.5. The molecule has 0 saturated heterocycles. The molecule has 0 aliphatic heterocycles. The van der Waals surface area contributed by atoms with E-state index in [1.807, 2.05) is 0 Å². The molecule has 0 bridgehead atoms. The van der Waals surface area contributed by atoms with Crippen LogP contribution in [0.25, 0.3) is 0 Å². The number of aryl methyl sites for hydroxylation is 1. The molecule has 0 unspecified atom stereocenters. The first-order valence-electron chi connectivity index (χ1n) is 2.06. The van der Waals surface area contributed by atoms with E-state index in [2.05, 4.69) is 9.68 Å². The Balaban J connectivity index is 3.19. The summed E-state index contributed by atoms with van der Waals surface area (Å²) in [6, 6.07) is 0. The van der Waals surface area contributed by atoms with Crippen molar-refractivity contribution in [3.8, 4) is 11.6 Å². The van der Waals surface area contributed by atoms with Crippen molar-refractivity contribution < 1.29 is 14.7 Å². The van der Waals surface area contributed by atoms with Crippen LogP contribution in [0, 0.1) is 6.92 Å². The first kappa shape index (κ1) is 4.96. The molecule has 2 N–H and O–H groups in total. The average Bonchev–Trinajstić information content (AvgIpc) is 1.98. The zero-order valence-electron chi connectivity index (χ0n) is 4.25. The van der Waals surface area contributed by atoms with Gasteiger partial charge in [-0.1, -0.05) is 0 Å². The highest BCUT2D eigenvalue weighted by Gasteiger charge is 2.07. The van der Waals surface area contributed by atoms with Gasteiger partial charge in [-0.3, -0.25) is 0 Å². The van der Waals surface area contributed by atoms with E-state index in [1.165, 1.54) is 6.92 Å². The van der Waals surface area contributed by atoms with E-state index in [-0.39, 0.29) is 11.5 Å². The number of aromatic nitrogens is 1. The lowest BCUT2D eigenvalue weighted by molar-refractivity contribution is 0.348. The molecule has 1 aromatic heterocycles. The van der Waals surface area contributed by atoms with Crippen molar-refractivity contribution in [3.05, 3.63) is 5.76 Å². The minimum absolute atomic E-state index is 0.225. The fourth-order valence-corrected chi connectivity index (χ4v) is 0.356. The molecule has 0 fully saturated rings. The van der Waals surface area contributed by atoms with Gasteiger partial charge in [-0.15, -0.1) is 0 Å². The molecule has 44 valence electrons. The molecule has 1 rings (SSSR count). The summed E-state index contributed by atoms with van der Waals surface area (Å²) in [5, 5.41) is 20.2. The monoisotopic (exact) mass is 115 g/mol. The minimum atomic E-state index is -0.456. The maximum Gasteiger partial charge on any atom is 0.294 e. The molecule has 0 aliphatic carbocycles. The molecule has 8 heavy (non-hydrogen) atoms. The highest BCUT2D eigenvalue weighted by Crippen LogP contribution is 2.25. The molecular weight excluding hydrogens is 110 g/mol. The Bertz CT molecular complexity index is 174. The zero-order valence-corrected chi connectivity index (χ0v) is 4.25. The number of hydrogen-bond acceptors (Lipinski definition) is 4. The maximum absolute atomic E-state index is 8.64. The number of nitrogens with zero attached hydrogens (tertiary/aromatic N) is 1. The van der Waals surface area contributed by atoms with Crippen LogP contribution in [0.1, 0.15) is 5.76 Å². The predicted octanol–water partition coefficient (Wildman–Crippen LogP) is 0.394. The van der Waals surface area contributed by atoms with Gasteiger partial charge < -0.3 is 14.7 Å². The summed E-state index contributed by atoms with van der Waals surface area (Å²) in [6.45, 7) is 1.50. The molecular formula is C4H5NO3. The topological polar surface area (TPSA) is 66.5 Å². The predicted molar refractivity (Wildman–Crippen MR) is 24.6 cm³/mol. The molecule has 4 heteroatoms. The van der Waals surface area contributed by atoms with Crippen molar-refractivity contribution >= 4 is 0 Å². The SMILES string of the molecule is Cc1onc(O)c1O. The van der Waals surface area contributed by atoms with Crippen LogP contribution >= 0.6 is 0 Å². The summed E-state index contributed by atoms with van der Waals surface area (Å²) >= 11 is 0. The van der Waals surface area contributed by atoms with Gasteiger partial charge in [0.05, 0.1) is 0 Å². The summed E-state index contributed by atoms with van der Waals surface area (Å²) in [6.07, 6.45) is 0. The Morgan fingerprint density at radius 2 is 2.12 bits per heavy atom. The Morgan fingerprint density at radius 1 is 1.50 bits per heavy atom. The Labute approximate surface area is 45.4 Å². The second kappa shape index (κ2) is 1.40. The van der Waals surface area contributed by atoms with Crippen molar-refractivity contribution in [1.82, 2.24) is 5.16 Å². The van der Waals surface area contributed by atoms with Gasteiger partial charge in [0.1, 0.15) is 0 Å². The molecule has 1 aromatic rings. The van der Waals surface area contributed by atoms with E-state index in [4.69, 9.17) is 10.2 Å². The summed E-state index contributed by atoms with van der Waals surface area (Å²) < 4.78 is 4.34. The highest BCUT2D eigenvalue weighted by molar-refractivity contribution is 5.31. The van der Waals surface area contributed by atoms with Gasteiger partial charge in [0.25, 0.3) is 5.88 Å². The van der Waals surface area contributed by atoms with Crippen LogP contribution in [0.3, 0.4) is 0 Å². The van der Waals surface area contributed by atoms with Crippen LogP contribution in [0.4, 0.5) is 0 Å². The first-order chi connectivity index (χ1) is 3.72. The van der Waals surface area contributed by atoms with Crippen molar-refractivity contribution in [1.29, 1.82) is 0 Å². The van der Waals surface area contributed by atoms with Crippen LogP contribution < -0.4 is 0 Å². The average molecular weight is 115 g/mol. The van der Waals surface area contributed by atoms with Gasteiger partial charge in [-0.25, -0.2) is 0 Å². The van der Waals surface area contributed by atoms with Crippen molar-refractivity contribution in [3.63, 3.8) is 0 Å². The van der Waals surface area contributed by atoms with Crippen LogP contribution in [-0.2, 0) is 0 Å². The summed E-state index contributed by atoms with van der Waals surface area (Å²) in [5.74, 6) is -0.519. The summed E-state index contributed by atoms with van der Waals surface area (Å²) in [5.41, 5.74) is 0. The number of aromatic hydroxyl groups is 2. The Morgan fingerprint density at radius 3 is 2.25 bits per heavy atom. The molecule has 0 spiro atoms. The maximum atomic E-state index is 8.64. The first-order valence-corrected chi connectivity index (χ1v) is 2.06. The fourth-order valence-electron chi connectivity index (χ4n) is 0.356. The van der Waals surface area contributed by atoms with Crippen LogP contribution in [0.5, 0.6) is 11.6 Å². The van der Waals surface area contributed by atoms with E-state index in [0.717, 1.165) is 0 Å². The number of rotatable bonds is 0. The fraction of sp³-hybridized carbons (Fsp3) is 0.250. The molecule has 4 nitrogen and oxygen atoms in total. The molecule has 0 aliphatic rings. The Hall–Kier alpha value is -1.19. The lowest BCUT2D eigenvalue weighted by atomic mass is 10.5. The minimum Gasteiger partial charge on any atom is -0.501 e. The molecule has 0 radical (unpaired) electrons. The lowest BCUT2D eigenvalue weighted by Gasteiger charge is -1.79. The third kappa shape index (κ3) is 0.501. The largest absolute Gasteiger partial charge is 0.501 e. The van der Waals surface area contributed by atoms with Crippen molar-refractivity contribution in [2.45, 2.75) is 6.92 Å². The van der Waals surface area contributed by atoms with Crippen LogP contribution in [0.2, 0.25) is 0 Å². The van der Waals surface area contributed by atoms with E-state index in [9.17, 15) is 0 Å². The van der Waals surface area contributed by atoms with Crippen molar-refractivity contribution in [2.24, 2.45) is 0 Å². The van der Waals surface area contributed by atoms with Crippen LogP contribution in [0.15, 0.2) is 4.52 Å². The second-order valence-electron chi connectivity index (χ2n) is 1.41. The second-order valence-corrected chi connectivity index (χ2v) is 1.41. The quantitative estimate of drug-likeness (QED) is 0.513. The van der Waals surface area contributed by atoms with E-state index >= 15 is 0 Å². The third-order valence-corrected chi connectivity index (χ3v) is 0.814. The van der Waals surface area contributed by atoms with Gasteiger partial charge in [0, 0.05) is 6.92 Å². The van der Waals surface area contributed by atoms with Gasteiger partial charge >= 0.3 is 0 Å². The van der Waals surface area contributed by atoms with Gasteiger partial charge in [0.2, 0.25) is 5.75 Å². The lowest BCUT2D eigenvalue weighted by Crippen LogP contribution is -1.60. The van der Waals surface area contributed by atoms with Gasteiger partial charge in [0.15, 0.2) is 5.76 Å². The standard InChI is InChI=1S/C4H5NO3/c1-2-3(6)4(7)5-8-2/h6H,1H3,(H,5,7). The molecule has 0 amide bonds. The summed E-state index contributed by atoms with van der Waals surface area (Å²) in [7, 11) is 0. The van der Waals surface area contributed by atoms with E-state index < -0.39 is 5.88 Å². The molecule has 1 heterocycles. The zero-order chi connectivity index (χ0) is 6.15. The molecule has 0 atom stereocenters. The van der Waals surface area contributed by atoms with E-state index in [0.29, 0.717) is 0 Å². The Kier molecular flexibility index (Phi) is 0.865. The van der Waals surface area contributed by atoms with Crippen molar-refractivity contribution in [2.75, 3.05) is 0 Å². The van der Waals surface area contributed by atoms with E-state index in [1.54, 1.807) is 0 Å². The normalized spacial score (nSPS) is 9.62. The summed E-state index contributed by atoms with van der Waals surface area (Å²) in [4.78, 5) is 0. The third-order valence-electron chi connectivity index (χ3n) is 0.814. The van der Waals surface area contributed by atoms with Gasteiger partial charge in [-0.2, -0.15) is 0 Å². The van der Waals surface area contributed by atoms with Gasteiger partial charge in [-0.05, 0) is 5.16 Å². The van der Waals surface area contributed by atoms with Crippen LogP contribution in [-0.4, -0.2) is 15.4 Å². The molecule has 0 saturated carbocycles. The number of hydrogen-bond donors (Lipinski definition) is 2. The molecule has 0 aromatic carbocycles.